The Kier molecular flexibility index (Phi) is 3.21. The number of H-pyrrole nitrogens is 1. The van der Waals surface area contributed by atoms with Crippen molar-refractivity contribution in [3.63, 3.8) is 0 Å². The van der Waals surface area contributed by atoms with Gasteiger partial charge in [-0.2, -0.15) is 0 Å². The lowest BCUT2D eigenvalue weighted by Gasteiger charge is -2.25. The summed E-state index contributed by atoms with van der Waals surface area (Å²) in [7, 11) is 0. The highest BCUT2D eigenvalue weighted by molar-refractivity contribution is 7.26. The Balaban J connectivity index is 1.65. The number of fused-ring (bicyclic) bond motifs is 7. The molecule has 142 valence electrons. The average Bonchev–Trinajstić information content (AvgIpc) is 3.35. The van der Waals surface area contributed by atoms with E-state index in [2.05, 4.69) is 83.1 Å². The fourth-order valence-corrected chi connectivity index (χ4v) is 5.87. The molecule has 2 N–H and O–H groups in total. The Morgan fingerprint density at radius 3 is 2.70 bits per heavy atom. The van der Waals surface area contributed by atoms with Gasteiger partial charge < -0.3 is 10.3 Å². The molecule has 0 amide bonds. The summed E-state index contributed by atoms with van der Waals surface area (Å²) in [5.74, 6) is 0. The molecule has 4 heteroatoms. The van der Waals surface area contributed by atoms with Gasteiger partial charge in [0.05, 0.1) is 29.2 Å². The maximum absolute atomic E-state index is 4.78. The summed E-state index contributed by atoms with van der Waals surface area (Å²) in [6.45, 7) is 0. The van der Waals surface area contributed by atoms with Crippen LogP contribution in [0.15, 0.2) is 90.1 Å². The summed E-state index contributed by atoms with van der Waals surface area (Å²) in [5, 5.41) is 8.84. The first-order chi connectivity index (χ1) is 14.9. The molecule has 3 heterocycles. The van der Waals surface area contributed by atoms with Gasteiger partial charge in [-0.15, -0.1) is 11.3 Å². The first kappa shape index (κ1) is 16.2. The molecule has 2 aliphatic rings. The minimum Gasteiger partial charge on any atom is -0.371 e. The van der Waals surface area contributed by atoms with Crippen LogP contribution in [-0.4, -0.2) is 16.7 Å². The SMILES string of the molecule is C1=CC2=NC=C(c3c4[nH]c5ccccc5c4cc4sc5ccccc5c34)NC2C=C1. The van der Waals surface area contributed by atoms with Crippen molar-refractivity contribution in [2.75, 3.05) is 0 Å². The standard InChI is InChI=1S/C26H17N3S/c1-3-9-18-15(7-1)17-13-23-24(16-8-2-6-12-22(16)30-23)25(26(17)29-18)21-14-27-19-10-4-5-11-20(19)28-21/h1-14,20,28-29H. The lowest BCUT2D eigenvalue weighted by molar-refractivity contribution is 0.880. The van der Waals surface area contributed by atoms with E-state index in [1.54, 1.807) is 0 Å². The summed E-state index contributed by atoms with van der Waals surface area (Å²) in [6.07, 6.45) is 10.4. The first-order valence-corrected chi connectivity index (χ1v) is 10.9. The van der Waals surface area contributed by atoms with E-state index in [9.17, 15) is 0 Å². The van der Waals surface area contributed by atoms with E-state index in [1.807, 2.05) is 23.6 Å². The van der Waals surface area contributed by atoms with Gasteiger partial charge in [-0.3, -0.25) is 4.99 Å². The molecule has 1 atom stereocenters. The van der Waals surface area contributed by atoms with E-state index in [0.29, 0.717) is 0 Å². The monoisotopic (exact) mass is 403 g/mol. The predicted octanol–water partition coefficient (Wildman–Crippen LogP) is 6.53. The molecule has 3 nitrogen and oxygen atoms in total. The Bertz CT molecular complexity index is 1620. The van der Waals surface area contributed by atoms with E-state index in [1.165, 1.54) is 42.0 Å². The largest absolute Gasteiger partial charge is 0.371 e. The van der Waals surface area contributed by atoms with Crippen LogP contribution in [-0.2, 0) is 0 Å². The smallest absolute Gasteiger partial charge is 0.0873 e. The molecule has 0 bridgehead atoms. The minimum atomic E-state index is 0.106. The number of aromatic nitrogens is 1. The number of aromatic amines is 1. The lowest BCUT2D eigenvalue weighted by Crippen LogP contribution is -2.36. The highest BCUT2D eigenvalue weighted by atomic mass is 32.1. The third kappa shape index (κ3) is 2.17. The first-order valence-electron chi connectivity index (χ1n) is 10.1. The predicted molar refractivity (Wildman–Crippen MR) is 129 cm³/mol. The normalized spacial score (nSPS) is 18.1. The molecular weight excluding hydrogens is 386 g/mol. The molecule has 5 aromatic rings. The topological polar surface area (TPSA) is 40.2 Å². The number of thiophene rings is 1. The molecular formula is C26H17N3S. The van der Waals surface area contributed by atoms with Gasteiger partial charge in [-0.05, 0) is 24.3 Å². The van der Waals surface area contributed by atoms with Crippen molar-refractivity contribution in [1.29, 1.82) is 0 Å². The number of hydrogen-bond acceptors (Lipinski definition) is 3. The Labute approximate surface area is 176 Å². The van der Waals surface area contributed by atoms with Crippen LogP contribution in [0, 0.1) is 0 Å². The molecule has 0 saturated heterocycles. The van der Waals surface area contributed by atoms with Gasteiger partial charge in [0.25, 0.3) is 0 Å². The molecule has 30 heavy (non-hydrogen) atoms. The van der Waals surface area contributed by atoms with Crippen LogP contribution in [0.3, 0.4) is 0 Å². The fourth-order valence-electron chi connectivity index (χ4n) is 4.72. The molecule has 0 fully saturated rings. The van der Waals surface area contributed by atoms with E-state index >= 15 is 0 Å². The second kappa shape index (κ2) is 5.94. The molecule has 1 aliphatic carbocycles. The molecule has 2 aromatic heterocycles. The quantitative estimate of drug-likeness (QED) is 0.328. The van der Waals surface area contributed by atoms with Crippen molar-refractivity contribution in [1.82, 2.24) is 10.3 Å². The molecule has 0 spiro atoms. The van der Waals surface area contributed by atoms with Gasteiger partial charge in [0.2, 0.25) is 0 Å². The van der Waals surface area contributed by atoms with Gasteiger partial charge in [-0.1, -0.05) is 54.6 Å². The van der Waals surface area contributed by atoms with E-state index in [-0.39, 0.29) is 6.04 Å². The van der Waals surface area contributed by atoms with Crippen molar-refractivity contribution in [3.05, 3.63) is 90.7 Å². The Hall–Kier alpha value is -3.63. The zero-order chi connectivity index (χ0) is 19.7. The van der Waals surface area contributed by atoms with Crippen molar-refractivity contribution < 1.29 is 0 Å². The number of aliphatic imine (C=N–C) groups is 1. The van der Waals surface area contributed by atoms with Crippen LogP contribution in [0.2, 0.25) is 0 Å². The molecule has 1 aliphatic heterocycles. The Morgan fingerprint density at radius 2 is 1.73 bits per heavy atom. The van der Waals surface area contributed by atoms with Gasteiger partial charge in [0.15, 0.2) is 0 Å². The summed E-state index contributed by atoms with van der Waals surface area (Å²) >= 11 is 1.86. The molecule has 3 aromatic carbocycles. The van der Waals surface area contributed by atoms with Crippen LogP contribution in [0.25, 0.3) is 47.7 Å². The number of nitrogens with zero attached hydrogens (tertiary/aromatic N) is 1. The summed E-state index contributed by atoms with van der Waals surface area (Å²) < 4.78 is 2.62. The zero-order valence-corrected chi connectivity index (χ0v) is 16.8. The van der Waals surface area contributed by atoms with Crippen molar-refractivity contribution in [3.8, 4) is 0 Å². The fraction of sp³-hybridized carbons (Fsp3) is 0.0385. The number of allylic oxidation sites excluding steroid dienone is 2. The summed E-state index contributed by atoms with van der Waals surface area (Å²) in [4.78, 5) is 8.49. The third-order valence-corrected chi connectivity index (χ3v) is 7.19. The van der Waals surface area contributed by atoms with E-state index in [0.717, 1.165) is 16.9 Å². The highest BCUT2D eigenvalue weighted by Crippen LogP contribution is 2.43. The number of benzene rings is 3. The third-order valence-electron chi connectivity index (χ3n) is 6.07. The average molecular weight is 404 g/mol. The Morgan fingerprint density at radius 1 is 0.867 bits per heavy atom. The van der Waals surface area contributed by atoms with Crippen LogP contribution in [0.5, 0.6) is 0 Å². The second-order valence-electron chi connectivity index (χ2n) is 7.78. The van der Waals surface area contributed by atoms with Crippen LogP contribution in [0.4, 0.5) is 0 Å². The summed E-state index contributed by atoms with van der Waals surface area (Å²) in [5.41, 5.74) is 5.66. The highest BCUT2D eigenvalue weighted by Gasteiger charge is 2.24. The van der Waals surface area contributed by atoms with Crippen LogP contribution in [0.1, 0.15) is 5.56 Å². The minimum absolute atomic E-state index is 0.106. The van der Waals surface area contributed by atoms with Crippen molar-refractivity contribution in [2.45, 2.75) is 6.04 Å². The zero-order valence-electron chi connectivity index (χ0n) is 16.0. The number of nitrogens with one attached hydrogen (secondary N) is 2. The molecule has 0 radical (unpaired) electrons. The van der Waals surface area contributed by atoms with Crippen LogP contribution < -0.4 is 5.32 Å². The van der Waals surface area contributed by atoms with E-state index < -0.39 is 0 Å². The number of hydrogen-bond donors (Lipinski definition) is 2. The maximum atomic E-state index is 4.78. The molecule has 7 rings (SSSR count). The molecule has 0 saturated carbocycles. The second-order valence-corrected chi connectivity index (χ2v) is 8.86. The maximum Gasteiger partial charge on any atom is 0.0873 e. The molecule has 1 unspecified atom stereocenters. The van der Waals surface area contributed by atoms with Gasteiger partial charge in [-0.25, -0.2) is 0 Å². The van der Waals surface area contributed by atoms with Gasteiger partial charge in [0, 0.05) is 42.0 Å². The number of rotatable bonds is 1. The van der Waals surface area contributed by atoms with Crippen LogP contribution >= 0.6 is 11.3 Å². The number of para-hydroxylation sites is 1. The summed E-state index contributed by atoms with van der Waals surface area (Å²) in [6, 6.07) is 19.7. The van der Waals surface area contributed by atoms with Gasteiger partial charge >= 0.3 is 0 Å². The van der Waals surface area contributed by atoms with Crippen molar-refractivity contribution in [2.24, 2.45) is 4.99 Å². The lowest BCUT2D eigenvalue weighted by atomic mass is 9.97. The van der Waals surface area contributed by atoms with Gasteiger partial charge in [0.1, 0.15) is 0 Å². The van der Waals surface area contributed by atoms with E-state index in [4.69, 9.17) is 4.99 Å². The van der Waals surface area contributed by atoms with Crippen molar-refractivity contribution >= 4 is 64.7 Å².